The third-order valence-electron chi connectivity index (χ3n) is 4.63. The number of hydrogen-bond donors (Lipinski definition) is 1. The van der Waals surface area contributed by atoms with Crippen LogP contribution in [0.1, 0.15) is 21.7 Å². The van der Waals surface area contributed by atoms with Gasteiger partial charge in [-0.05, 0) is 29.8 Å². The standard InChI is InChI=1S/C20H21N3O5/c1-27-15-6-3-13(4-7-15)9-10-22-16-8-5-14(20(21)25)11-17(16)23(26)18(22)12-19(24)28-2/h3-8,11H,9-10,12H2,1-2H3,(H2,21,25). The second kappa shape index (κ2) is 7.99. The van der Waals surface area contributed by atoms with Crippen molar-refractivity contribution >= 4 is 22.9 Å². The minimum Gasteiger partial charge on any atom is -0.710 e. The molecule has 3 rings (SSSR count). The van der Waals surface area contributed by atoms with Gasteiger partial charge in [0.1, 0.15) is 12.2 Å². The summed E-state index contributed by atoms with van der Waals surface area (Å²) < 4.78 is 12.3. The lowest BCUT2D eigenvalue weighted by molar-refractivity contribution is -0.586. The maximum atomic E-state index is 12.8. The molecule has 2 aromatic carbocycles. The van der Waals surface area contributed by atoms with E-state index in [9.17, 15) is 14.8 Å². The first-order chi connectivity index (χ1) is 13.4. The van der Waals surface area contributed by atoms with Gasteiger partial charge in [-0.25, -0.2) is 9.30 Å². The van der Waals surface area contributed by atoms with E-state index in [1.165, 1.54) is 13.2 Å². The van der Waals surface area contributed by atoms with E-state index in [-0.39, 0.29) is 23.3 Å². The van der Waals surface area contributed by atoms with Gasteiger partial charge < -0.3 is 20.4 Å². The predicted molar refractivity (Wildman–Crippen MR) is 102 cm³/mol. The number of imidazole rings is 1. The Morgan fingerprint density at radius 2 is 1.86 bits per heavy atom. The number of aromatic nitrogens is 2. The summed E-state index contributed by atoms with van der Waals surface area (Å²) in [6.07, 6.45) is 0.461. The fourth-order valence-corrected chi connectivity index (χ4v) is 3.11. The second-order valence-corrected chi connectivity index (χ2v) is 6.28. The van der Waals surface area contributed by atoms with Crippen LogP contribution in [0.15, 0.2) is 42.5 Å². The number of hydrogen-bond acceptors (Lipinski definition) is 5. The van der Waals surface area contributed by atoms with Crippen molar-refractivity contribution in [3.05, 3.63) is 64.6 Å². The van der Waals surface area contributed by atoms with E-state index in [0.717, 1.165) is 11.3 Å². The van der Waals surface area contributed by atoms with Crippen molar-refractivity contribution in [3.63, 3.8) is 0 Å². The number of methoxy groups -OCH3 is 2. The Kier molecular flexibility index (Phi) is 5.49. The zero-order valence-corrected chi connectivity index (χ0v) is 15.7. The van der Waals surface area contributed by atoms with Crippen LogP contribution >= 0.6 is 0 Å². The van der Waals surface area contributed by atoms with Gasteiger partial charge in [-0.3, -0.25) is 9.59 Å². The summed E-state index contributed by atoms with van der Waals surface area (Å²) in [7, 11) is 2.88. The number of carbonyl (C=O) groups is 2. The maximum absolute atomic E-state index is 12.8. The zero-order chi connectivity index (χ0) is 20.3. The first-order valence-corrected chi connectivity index (χ1v) is 8.68. The molecular formula is C20H21N3O5. The SMILES string of the molecule is COC(=O)Cc1n(CCc2ccc(OC)cc2)c2ccc(C(N)=O)cc2[n+]1[O-]. The van der Waals surface area contributed by atoms with Crippen molar-refractivity contribution in [1.82, 2.24) is 4.57 Å². The number of carbonyl (C=O) groups excluding carboxylic acids is 2. The average molecular weight is 383 g/mol. The van der Waals surface area contributed by atoms with Crippen molar-refractivity contribution < 1.29 is 23.8 Å². The number of ether oxygens (including phenoxy) is 2. The maximum Gasteiger partial charge on any atom is 0.317 e. The largest absolute Gasteiger partial charge is 0.710 e. The van der Waals surface area contributed by atoms with Crippen LogP contribution in [0.5, 0.6) is 5.75 Å². The smallest absolute Gasteiger partial charge is 0.317 e. The highest BCUT2D eigenvalue weighted by Crippen LogP contribution is 2.19. The van der Waals surface area contributed by atoms with Crippen LogP contribution in [0, 0.1) is 5.21 Å². The Balaban J connectivity index is 2.00. The van der Waals surface area contributed by atoms with Crippen molar-refractivity contribution in [3.8, 4) is 5.75 Å². The van der Waals surface area contributed by atoms with Gasteiger partial charge in [0.15, 0.2) is 11.0 Å². The van der Waals surface area contributed by atoms with Crippen LogP contribution in [0.3, 0.4) is 0 Å². The quantitative estimate of drug-likeness (QED) is 0.376. The average Bonchev–Trinajstić information content (AvgIpc) is 2.97. The summed E-state index contributed by atoms with van der Waals surface area (Å²) >= 11 is 0. The molecule has 0 aliphatic carbocycles. The summed E-state index contributed by atoms with van der Waals surface area (Å²) in [5, 5.41) is 12.8. The topological polar surface area (TPSA) is 110 Å². The molecule has 8 nitrogen and oxygen atoms in total. The van der Waals surface area contributed by atoms with E-state index in [4.69, 9.17) is 15.2 Å². The molecule has 8 heteroatoms. The lowest BCUT2D eigenvalue weighted by Gasteiger charge is -2.07. The number of amides is 1. The molecule has 1 amide bonds. The minimum atomic E-state index is -0.623. The fourth-order valence-electron chi connectivity index (χ4n) is 3.11. The Bertz CT molecular complexity index is 1020. The minimum absolute atomic E-state index is 0.177. The van der Waals surface area contributed by atoms with Gasteiger partial charge in [0.2, 0.25) is 5.91 Å². The van der Waals surface area contributed by atoms with Crippen LogP contribution in [-0.4, -0.2) is 30.7 Å². The molecule has 146 valence electrons. The molecule has 1 aromatic heterocycles. The number of nitrogens with two attached hydrogens (primary N) is 1. The van der Waals surface area contributed by atoms with Crippen LogP contribution in [0.25, 0.3) is 11.0 Å². The van der Waals surface area contributed by atoms with Crippen molar-refractivity contribution in [2.75, 3.05) is 14.2 Å². The molecule has 0 unspecified atom stereocenters. The van der Waals surface area contributed by atoms with E-state index in [0.29, 0.717) is 23.2 Å². The normalized spacial score (nSPS) is 10.8. The lowest BCUT2D eigenvalue weighted by atomic mass is 10.1. The van der Waals surface area contributed by atoms with Crippen LogP contribution in [0.4, 0.5) is 0 Å². The van der Waals surface area contributed by atoms with Gasteiger partial charge in [-0.2, -0.15) is 0 Å². The molecule has 0 saturated carbocycles. The van der Waals surface area contributed by atoms with Gasteiger partial charge in [0.05, 0.1) is 20.8 Å². The van der Waals surface area contributed by atoms with Crippen LogP contribution < -0.4 is 15.2 Å². The van der Waals surface area contributed by atoms with Crippen molar-refractivity contribution in [2.45, 2.75) is 19.4 Å². The van der Waals surface area contributed by atoms with E-state index in [1.54, 1.807) is 23.8 Å². The van der Waals surface area contributed by atoms with Gasteiger partial charge in [0.25, 0.3) is 5.82 Å². The molecule has 0 radical (unpaired) electrons. The van der Waals surface area contributed by atoms with Crippen LogP contribution in [0.2, 0.25) is 0 Å². The predicted octanol–water partition coefficient (Wildman–Crippen LogP) is 1.34. The van der Waals surface area contributed by atoms with Crippen molar-refractivity contribution in [2.24, 2.45) is 5.73 Å². The monoisotopic (exact) mass is 383 g/mol. The Morgan fingerprint density at radius 3 is 2.46 bits per heavy atom. The zero-order valence-electron chi connectivity index (χ0n) is 15.7. The van der Waals surface area contributed by atoms with Gasteiger partial charge in [-0.1, -0.05) is 12.1 Å². The molecule has 0 fully saturated rings. The molecule has 28 heavy (non-hydrogen) atoms. The Morgan fingerprint density at radius 1 is 1.14 bits per heavy atom. The molecule has 0 bridgehead atoms. The van der Waals surface area contributed by atoms with Crippen molar-refractivity contribution in [1.29, 1.82) is 0 Å². The molecule has 2 N–H and O–H groups in total. The summed E-state index contributed by atoms with van der Waals surface area (Å²) in [6, 6.07) is 12.3. The van der Waals surface area contributed by atoms with Gasteiger partial charge in [0, 0.05) is 18.1 Å². The highest BCUT2D eigenvalue weighted by molar-refractivity contribution is 5.95. The second-order valence-electron chi connectivity index (χ2n) is 6.28. The number of primary amides is 1. The number of fused-ring (bicyclic) bond motifs is 1. The molecule has 0 aliphatic rings. The molecule has 1 heterocycles. The lowest BCUT2D eigenvalue weighted by Crippen LogP contribution is -2.33. The highest BCUT2D eigenvalue weighted by atomic mass is 16.5. The summed E-state index contributed by atoms with van der Waals surface area (Å²) in [6.45, 7) is 0.473. The fraction of sp³-hybridized carbons (Fsp3) is 0.250. The Labute approximate surface area is 161 Å². The van der Waals surface area contributed by atoms with Crippen LogP contribution in [-0.2, 0) is 28.9 Å². The highest BCUT2D eigenvalue weighted by Gasteiger charge is 2.25. The third-order valence-corrected chi connectivity index (χ3v) is 4.63. The number of esters is 1. The van der Waals surface area contributed by atoms with E-state index < -0.39 is 11.9 Å². The van der Waals surface area contributed by atoms with Gasteiger partial charge >= 0.3 is 5.97 Å². The number of benzene rings is 2. The Hall–Kier alpha value is -3.55. The first-order valence-electron chi connectivity index (χ1n) is 8.68. The number of rotatable bonds is 7. The number of aryl methyl sites for hydroxylation is 2. The van der Waals surface area contributed by atoms with E-state index in [1.807, 2.05) is 24.3 Å². The first kappa shape index (κ1) is 19.2. The molecular weight excluding hydrogens is 362 g/mol. The van der Waals surface area contributed by atoms with E-state index in [2.05, 4.69) is 0 Å². The molecule has 0 spiro atoms. The summed E-state index contributed by atoms with van der Waals surface area (Å²) in [5.74, 6) is -0.134. The van der Waals surface area contributed by atoms with Gasteiger partial charge in [-0.15, -0.1) is 0 Å². The summed E-state index contributed by atoms with van der Waals surface area (Å²) in [4.78, 5) is 23.3. The number of nitrogens with zero attached hydrogens (tertiary/aromatic N) is 2. The molecule has 3 aromatic rings. The third kappa shape index (κ3) is 3.75. The molecule has 0 atom stereocenters. The molecule has 0 aliphatic heterocycles. The van der Waals surface area contributed by atoms with E-state index >= 15 is 0 Å². The molecule has 0 saturated heterocycles. The summed E-state index contributed by atoms with van der Waals surface area (Å²) in [5.41, 5.74) is 7.50.